The number of sulfonamides is 2. The quantitative estimate of drug-likeness (QED) is 0.333. The van der Waals surface area contributed by atoms with Gasteiger partial charge in [0.2, 0.25) is 15.9 Å². The van der Waals surface area contributed by atoms with Crippen LogP contribution in [0.4, 0.5) is 11.4 Å². The van der Waals surface area contributed by atoms with E-state index in [1.807, 2.05) is 13.0 Å². The molecule has 0 aliphatic carbocycles. The SMILES string of the molecule is COc1ccc(C)cc1NS(=O)(=O)c1ccc(NC(=O)C2CCN(S(=O)(=O)Cc3c(Cl)cccc3Cl)CC2)cc1. The van der Waals surface area contributed by atoms with Crippen molar-refractivity contribution in [2.45, 2.75) is 30.4 Å². The van der Waals surface area contributed by atoms with Gasteiger partial charge in [-0.2, -0.15) is 0 Å². The Balaban J connectivity index is 1.34. The minimum Gasteiger partial charge on any atom is -0.495 e. The molecule has 0 unspecified atom stereocenters. The molecule has 4 rings (SSSR count). The van der Waals surface area contributed by atoms with Crippen molar-refractivity contribution in [3.8, 4) is 5.75 Å². The van der Waals surface area contributed by atoms with Crippen LogP contribution in [0.5, 0.6) is 5.75 Å². The van der Waals surface area contributed by atoms with E-state index in [9.17, 15) is 21.6 Å². The molecule has 0 spiro atoms. The van der Waals surface area contributed by atoms with Crippen LogP contribution in [0.15, 0.2) is 65.6 Å². The summed E-state index contributed by atoms with van der Waals surface area (Å²) in [4.78, 5) is 12.9. The lowest BCUT2D eigenvalue weighted by Gasteiger charge is -2.30. The Labute approximate surface area is 244 Å². The Kier molecular flexibility index (Phi) is 9.31. The number of nitrogens with zero attached hydrogens (tertiary/aromatic N) is 1. The second-order valence-corrected chi connectivity index (χ2v) is 13.9. The molecule has 0 atom stereocenters. The van der Waals surface area contributed by atoms with E-state index in [4.69, 9.17) is 27.9 Å². The first-order valence-corrected chi connectivity index (χ1v) is 16.2. The number of carbonyl (C=O) groups is 1. The van der Waals surface area contributed by atoms with Crippen molar-refractivity contribution in [2.24, 2.45) is 5.92 Å². The second kappa shape index (κ2) is 12.4. The Morgan fingerprint density at radius 3 is 2.20 bits per heavy atom. The maximum Gasteiger partial charge on any atom is 0.262 e. The summed E-state index contributed by atoms with van der Waals surface area (Å²) in [7, 11) is -6.12. The van der Waals surface area contributed by atoms with Crippen molar-refractivity contribution >= 4 is 60.5 Å². The number of aryl methyl sites for hydroxylation is 1. The number of rotatable bonds is 9. The second-order valence-electron chi connectivity index (χ2n) is 9.45. The zero-order valence-electron chi connectivity index (χ0n) is 21.9. The van der Waals surface area contributed by atoms with Gasteiger partial charge in [-0.15, -0.1) is 0 Å². The van der Waals surface area contributed by atoms with Crippen LogP contribution in [0.1, 0.15) is 24.0 Å². The highest BCUT2D eigenvalue weighted by molar-refractivity contribution is 7.92. The van der Waals surface area contributed by atoms with E-state index in [0.717, 1.165) is 5.56 Å². The monoisotopic (exact) mass is 625 g/mol. The third-order valence-electron chi connectivity index (χ3n) is 6.64. The van der Waals surface area contributed by atoms with Crippen molar-refractivity contribution in [3.63, 3.8) is 0 Å². The lowest BCUT2D eigenvalue weighted by molar-refractivity contribution is -0.120. The minimum atomic E-state index is -3.90. The average molecular weight is 627 g/mol. The molecule has 214 valence electrons. The third-order valence-corrected chi connectivity index (χ3v) is 10.5. The molecule has 40 heavy (non-hydrogen) atoms. The van der Waals surface area contributed by atoms with Gasteiger partial charge in [0, 0.05) is 40.3 Å². The zero-order valence-corrected chi connectivity index (χ0v) is 25.0. The summed E-state index contributed by atoms with van der Waals surface area (Å²) in [5.74, 6) is -0.577. The Bertz CT molecular complexity index is 1590. The number of benzene rings is 3. The lowest BCUT2D eigenvalue weighted by atomic mass is 9.97. The summed E-state index contributed by atoms with van der Waals surface area (Å²) in [5, 5.41) is 3.37. The minimum absolute atomic E-state index is 0.0196. The number of hydrogen-bond donors (Lipinski definition) is 2. The van der Waals surface area contributed by atoms with E-state index in [2.05, 4.69) is 10.0 Å². The molecule has 1 aliphatic heterocycles. The maximum atomic E-state index is 13.0. The number of piperidine rings is 1. The molecule has 1 amide bonds. The van der Waals surface area contributed by atoms with Crippen molar-refractivity contribution in [1.82, 2.24) is 4.31 Å². The molecule has 0 saturated carbocycles. The van der Waals surface area contributed by atoms with Gasteiger partial charge >= 0.3 is 0 Å². The van der Waals surface area contributed by atoms with Gasteiger partial charge in [-0.25, -0.2) is 21.1 Å². The summed E-state index contributed by atoms with van der Waals surface area (Å²) in [6.07, 6.45) is 0.687. The number of hydrogen-bond acceptors (Lipinski definition) is 6. The van der Waals surface area contributed by atoms with Gasteiger partial charge in [0.1, 0.15) is 5.75 Å². The van der Waals surface area contributed by atoms with Gasteiger partial charge < -0.3 is 10.1 Å². The molecule has 0 bridgehead atoms. The average Bonchev–Trinajstić information content (AvgIpc) is 2.91. The summed E-state index contributed by atoms with van der Waals surface area (Å²) >= 11 is 12.3. The molecule has 3 aromatic carbocycles. The molecule has 9 nitrogen and oxygen atoms in total. The van der Waals surface area contributed by atoms with Crippen LogP contribution in [-0.4, -0.2) is 47.2 Å². The number of ether oxygens (including phenoxy) is 1. The molecule has 2 N–H and O–H groups in total. The largest absolute Gasteiger partial charge is 0.495 e. The fraction of sp³-hybridized carbons (Fsp3) is 0.296. The normalized spacial score (nSPS) is 15.0. The number of anilines is 2. The van der Waals surface area contributed by atoms with Crippen LogP contribution < -0.4 is 14.8 Å². The number of carbonyl (C=O) groups excluding carboxylic acids is 1. The topological polar surface area (TPSA) is 122 Å². The zero-order chi connectivity index (χ0) is 29.1. The van der Waals surface area contributed by atoms with E-state index in [-0.39, 0.29) is 39.7 Å². The Hall–Kier alpha value is -2.83. The van der Waals surface area contributed by atoms with Gasteiger partial charge in [-0.3, -0.25) is 9.52 Å². The fourth-order valence-electron chi connectivity index (χ4n) is 4.41. The highest BCUT2D eigenvalue weighted by Gasteiger charge is 2.32. The van der Waals surface area contributed by atoms with E-state index >= 15 is 0 Å². The summed E-state index contributed by atoms with van der Waals surface area (Å²) < 4.78 is 60.8. The van der Waals surface area contributed by atoms with Crippen LogP contribution in [0.2, 0.25) is 10.0 Å². The molecule has 1 saturated heterocycles. The first-order valence-electron chi connectivity index (χ1n) is 12.4. The molecule has 13 heteroatoms. The molecule has 1 aliphatic rings. The van der Waals surface area contributed by atoms with Gasteiger partial charge in [-0.1, -0.05) is 35.3 Å². The third kappa shape index (κ3) is 7.08. The molecule has 0 radical (unpaired) electrons. The van der Waals surface area contributed by atoms with Gasteiger partial charge in [0.15, 0.2) is 0 Å². The predicted molar refractivity (Wildman–Crippen MR) is 157 cm³/mol. The van der Waals surface area contributed by atoms with Crippen LogP contribution >= 0.6 is 23.2 Å². The molecule has 1 fully saturated rings. The molecule has 0 aromatic heterocycles. The highest BCUT2D eigenvalue weighted by atomic mass is 35.5. The molecule has 3 aromatic rings. The summed E-state index contributed by atoms with van der Waals surface area (Å²) in [5.41, 5.74) is 1.97. The number of nitrogens with one attached hydrogen (secondary N) is 2. The molecule has 1 heterocycles. The first kappa shape index (κ1) is 30.1. The first-order chi connectivity index (χ1) is 18.9. The fourth-order valence-corrected chi connectivity index (χ4v) is 7.78. The lowest BCUT2D eigenvalue weighted by Crippen LogP contribution is -2.42. The van der Waals surface area contributed by atoms with Crippen molar-refractivity contribution in [2.75, 3.05) is 30.2 Å². The maximum absolute atomic E-state index is 13.0. The number of amides is 1. The van der Waals surface area contributed by atoms with Gasteiger partial charge in [0.25, 0.3) is 10.0 Å². The van der Waals surface area contributed by atoms with Crippen LogP contribution in [-0.2, 0) is 30.6 Å². The van der Waals surface area contributed by atoms with Crippen LogP contribution in [0, 0.1) is 12.8 Å². The highest BCUT2D eigenvalue weighted by Crippen LogP contribution is 2.30. The standard InChI is InChI=1S/C27H29Cl2N3O6S2/c1-18-6-11-26(38-2)25(16-18)31-40(36,37)21-9-7-20(8-10-21)30-27(33)19-12-14-32(15-13-19)39(34,35)17-22-23(28)4-3-5-24(22)29/h3-11,16,19,31H,12-15,17H2,1-2H3,(H,30,33). The Morgan fingerprint density at radius 1 is 0.975 bits per heavy atom. The van der Waals surface area contributed by atoms with Crippen LogP contribution in [0.3, 0.4) is 0 Å². The summed E-state index contributed by atoms with van der Waals surface area (Å²) in [6, 6.07) is 15.8. The van der Waals surface area contributed by atoms with E-state index in [1.54, 1.807) is 30.3 Å². The number of halogens is 2. The van der Waals surface area contributed by atoms with Crippen molar-refractivity contribution in [3.05, 3.63) is 81.8 Å². The smallest absolute Gasteiger partial charge is 0.262 e. The van der Waals surface area contributed by atoms with E-state index in [0.29, 0.717) is 35.5 Å². The predicted octanol–water partition coefficient (Wildman–Crippen LogP) is 5.29. The number of methoxy groups -OCH3 is 1. The molecular weight excluding hydrogens is 597 g/mol. The van der Waals surface area contributed by atoms with Crippen molar-refractivity contribution < 1.29 is 26.4 Å². The van der Waals surface area contributed by atoms with Gasteiger partial charge in [0.05, 0.1) is 23.4 Å². The van der Waals surface area contributed by atoms with Crippen molar-refractivity contribution in [1.29, 1.82) is 0 Å². The Morgan fingerprint density at radius 2 is 1.60 bits per heavy atom. The van der Waals surface area contributed by atoms with E-state index in [1.165, 1.54) is 35.7 Å². The van der Waals surface area contributed by atoms with E-state index < -0.39 is 26.0 Å². The van der Waals surface area contributed by atoms with Crippen LogP contribution in [0.25, 0.3) is 0 Å². The van der Waals surface area contributed by atoms with Gasteiger partial charge in [-0.05, 0) is 73.9 Å². The molecular formula is C27H29Cl2N3O6S2. The summed E-state index contributed by atoms with van der Waals surface area (Å²) in [6.45, 7) is 2.22.